The van der Waals surface area contributed by atoms with Gasteiger partial charge in [-0.15, -0.1) is 0 Å². The van der Waals surface area contributed by atoms with Gasteiger partial charge in [0.05, 0.1) is 13.2 Å². The van der Waals surface area contributed by atoms with Gasteiger partial charge in [0.15, 0.2) is 0 Å². The molecule has 0 saturated carbocycles. The molecular formula is C13H18N2O3. The lowest BCUT2D eigenvalue weighted by Gasteiger charge is -2.20. The number of hydrogen-bond acceptors (Lipinski definition) is 4. The molecule has 0 radical (unpaired) electrons. The van der Waals surface area contributed by atoms with E-state index in [1.807, 2.05) is 12.1 Å². The Hall–Kier alpha value is -1.59. The molecule has 0 aromatic heterocycles. The summed E-state index contributed by atoms with van der Waals surface area (Å²) in [6, 6.07) is 5.09. The Morgan fingerprint density at radius 3 is 3.11 bits per heavy atom. The van der Waals surface area contributed by atoms with E-state index in [-0.39, 0.29) is 12.5 Å². The standard InChI is InChI=1S/C13H18N2O3/c1-15(13(17)11(14)8-16)7-9-2-3-12-10(6-9)4-5-18-12/h2-3,6,11,16H,4-5,7-8,14H2,1H3. The van der Waals surface area contributed by atoms with Gasteiger partial charge in [-0.2, -0.15) is 0 Å². The zero-order valence-electron chi connectivity index (χ0n) is 10.4. The first kappa shape index (κ1) is 12.9. The highest BCUT2D eigenvalue weighted by Crippen LogP contribution is 2.26. The number of carbonyl (C=O) groups is 1. The van der Waals surface area contributed by atoms with Crippen molar-refractivity contribution < 1.29 is 14.6 Å². The molecule has 0 saturated heterocycles. The van der Waals surface area contributed by atoms with Crippen LogP contribution in [0.25, 0.3) is 0 Å². The van der Waals surface area contributed by atoms with E-state index < -0.39 is 6.04 Å². The Balaban J connectivity index is 2.03. The molecule has 1 aromatic carbocycles. The summed E-state index contributed by atoms with van der Waals surface area (Å²) in [5.41, 5.74) is 7.72. The van der Waals surface area contributed by atoms with Crippen molar-refractivity contribution in [2.45, 2.75) is 19.0 Å². The lowest BCUT2D eigenvalue weighted by Crippen LogP contribution is -2.43. The normalized spacial score (nSPS) is 14.8. The number of nitrogens with zero attached hydrogens (tertiary/aromatic N) is 1. The number of fused-ring (bicyclic) bond motifs is 1. The minimum Gasteiger partial charge on any atom is -0.493 e. The molecule has 2 rings (SSSR count). The molecule has 1 heterocycles. The topological polar surface area (TPSA) is 75.8 Å². The highest BCUT2D eigenvalue weighted by molar-refractivity contribution is 5.81. The number of hydrogen-bond donors (Lipinski definition) is 2. The second kappa shape index (κ2) is 5.37. The molecule has 0 spiro atoms. The molecule has 1 amide bonds. The van der Waals surface area contributed by atoms with Crippen LogP contribution in [0.5, 0.6) is 5.75 Å². The minimum absolute atomic E-state index is 0.255. The molecule has 1 aliphatic rings. The fourth-order valence-corrected chi connectivity index (χ4v) is 2.05. The van der Waals surface area contributed by atoms with Crippen molar-refractivity contribution in [2.75, 3.05) is 20.3 Å². The van der Waals surface area contributed by atoms with Gasteiger partial charge in [0.25, 0.3) is 0 Å². The van der Waals surface area contributed by atoms with Crippen LogP contribution >= 0.6 is 0 Å². The highest BCUT2D eigenvalue weighted by Gasteiger charge is 2.18. The molecule has 5 nitrogen and oxygen atoms in total. The number of rotatable bonds is 4. The molecule has 1 atom stereocenters. The molecule has 1 unspecified atom stereocenters. The third kappa shape index (κ3) is 2.63. The van der Waals surface area contributed by atoms with E-state index in [9.17, 15) is 4.79 Å². The second-order valence-electron chi connectivity index (χ2n) is 4.52. The van der Waals surface area contributed by atoms with Crippen molar-refractivity contribution in [3.63, 3.8) is 0 Å². The summed E-state index contributed by atoms with van der Waals surface area (Å²) in [6.45, 7) is 0.879. The summed E-state index contributed by atoms with van der Waals surface area (Å²) in [6.07, 6.45) is 0.914. The van der Waals surface area contributed by atoms with Gasteiger partial charge < -0.3 is 20.5 Å². The Labute approximate surface area is 106 Å². The molecule has 1 aliphatic heterocycles. The summed E-state index contributed by atoms with van der Waals surface area (Å²) in [7, 11) is 1.68. The summed E-state index contributed by atoms with van der Waals surface area (Å²) in [4.78, 5) is 13.3. The van der Waals surface area contributed by atoms with Crippen molar-refractivity contribution in [3.8, 4) is 5.75 Å². The number of aliphatic hydroxyl groups excluding tert-OH is 1. The van der Waals surface area contributed by atoms with Gasteiger partial charge in [0.2, 0.25) is 5.91 Å². The van der Waals surface area contributed by atoms with Gasteiger partial charge in [0.1, 0.15) is 11.8 Å². The molecule has 0 bridgehead atoms. The number of amides is 1. The SMILES string of the molecule is CN(Cc1ccc2c(c1)CCO2)C(=O)C(N)CO. The van der Waals surface area contributed by atoms with Crippen molar-refractivity contribution in [3.05, 3.63) is 29.3 Å². The van der Waals surface area contributed by atoms with Crippen LogP contribution in [0.3, 0.4) is 0 Å². The minimum atomic E-state index is -0.840. The largest absolute Gasteiger partial charge is 0.493 e. The van der Waals surface area contributed by atoms with E-state index in [1.54, 1.807) is 7.05 Å². The Bertz CT molecular complexity index is 448. The predicted octanol–water partition coefficient (Wildman–Crippen LogP) is -0.100. The van der Waals surface area contributed by atoms with E-state index in [4.69, 9.17) is 15.6 Å². The number of aliphatic hydroxyl groups is 1. The number of likely N-dealkylation sites (N-methyl/N-ethyl adjacent to an activating group) is 1. The number of ether oxygens (including phenoxy) is 1. The maximum absolute atomic E-state index is 11.7. The van der Waals surface area contributed by atoms with E-state index in [2.05, 4.69) is 6.07 Å². The Morgan fingerprint density at radius 1 is 1.61 bits per heavy atom. The van der Waals surface area contributed by atoms with Gasteiger partial charge in [-0.05, 0) is 17.2 Å². The van der Waals surface area contributed by atoms with Crippen LogP contribution < -0.4 is 10.5 Å². The Morgan fingerprint density at radius 2 is 2.39 bits per heavy atom. The van der Waals surface area contributed by atoms with E-state index >= 15 is 0 Å². The average Bonchev–Trinajstić information content (AvgIpc) is 2.84. The van der Waals surface area contributed by atoms with Gasteiger partial charge in [-0.25, -0.2) is 0 Å². The molecule has 3 N–H and O–H groups in total. The van der Waals surface area contributed by atoms with Gasteiger partial charge in [-0.3, -0.25) is 4.79 Å². The maximum Gasteiger partial charge on any atom is 0.241 e. The molecule has 5 heteroatoms. The van der Waals surface area contributed by atoms with Crippen LogP contribution in [0.15, 0.2) is 18.2 Å². The first-order valence-corrected chi connectivity index (χ1v) is 5.98. The number of benzene rings is 1. The van der Waals surface area contributed by atoms with Crippen LogP contribution in [0.1, 0.15) is 11.1 Å². The van der Waals surface area contributed by atoms with Gasteiger partial charge in [0, 0.05) is 20.0 Å². The molecule has 98 valence electrons. The van der Waals surface area contributed by atoms with Crippen LogP contribution in [-0.2, 0) is 17.8 Å². The maximum atomic E-state index is 11.7. The third-order valence-electron chi connectivity index (χ3n) is 3.06. The zero-order valence-corrected chi connectivity index (χ0v) is 10.4. The van der Waals surface area contributed by atoms with Gasteiger partial charge >= 0.3 is 0 Å². The monoisotopic (exact) mass is 250 g/mol. The zero-order chi connectivity index (χ0) is 13.1. The molecule has 0 fully saturated rings. The summed E-state index contributed by atoms with van der Waals surface area (Å²) >= 11 is 0. The van der Waals surface area contributed by atoms with Crippen LogP contribution in [-0.4, -0.2) is 42.2 Å². The van der Waals surface area contributed by atoms with Crippen molar-refractivity contribution in [1.82, 2.24) is 4.90 Å². The predicted molar refractivity (Wildman–Crippen MR) is 67.2 cm³/mol. The smallest absolute Gasteiger partial charge is 0.241 e. The lowest BCUT2D eigenvalue weighted by atomic mass is 10.1. The third-order valence-corrected chi connectivity index (χ3v) is 3.06. The van der Waals surface area contributed by atoms with E-state index in [1.165, 1.54) is 10.5 Å². The van der Waals surface area contributed by atoms with Crippen molar-refractivity contribution in [1.29, 1.82) is 0 Å². The molecule has 18 heavy (non-hydrogen) atoms. The second-order valence-corrected chi connectivity index (χ2v) is 4.52. The lowest BCUT2D eigenvalue weighted by molar-refractivity contribution is -0.132. The summed E-state index contributed by atoms with van der Waals surface area (Å²) in [5, 5.41) is 8.86. The fourth-order valence-electron chi connectivity index (χ4n) is 2.05. The van der Waals surface area contributed by atoms with E-state index in [0.717, 1.165) is 24.3 Å². The first-order valence-electron chi connectivity index (χ1n) is 5.98. The number of carbonyl (C=O) groups excluding carboxylic acids is 1. The Kier molecular flexibility index (Phi) is 3.84. The fraction of sp³-hybridized carbons (Fsp3) is 0.462. The average molecular weight is 250 g/mol. The molecular weight excluding hydrogens is 232 g/mol. The van der Waals surface area contributed by atoms with E-state index in [0.29, 0.717) is 6.54 Å². The highest BCUT2D eigenvalue weighted by atomic mass is 16.5. The molecule has 0 aliphatic carbocycles. The summed E-state index contributed by atoms with van der Waals surface area (Å²) in [5.74, 6) is 0.675. The number of nitrogens with two attached hydrogens (primary N) is 1. The quantitative estimate of drug-likeness (QED) is 0.782. The van der Waals surface area contributed by atoms with Crippen LogP contribution in [0.4, 0.5) is 0 Å². The van der Waals surface area contributed by atoms with Crippen molar-refractivity contribution >= 4 is 5.91 Å². The van der Waals surface area contributed by atoms with Crippen molar-refractivity contribution in [2.24, 2.45) is 5.73 Å². The van der Waals surface area contributed by atoms with Gasteiger partial charge in [-0.1, -0.05) is 12.1 Å². The molecule has 1 aromatic rings. The van der Waals surface area contributed by atoms with Crippen LogP contribution in [0.2, 0.25) is 0 Å². The summed E-state index contributed by atoms with van der Waals surface area (Å²) < 4.78 is 5.43. The van der Waals surface area contributed by atoms with Crippen LogP contribution in [0, 0.1) is 0 Å². The first-order chi connectivity index (χ1) is 8.61.